The van der Waals surface area contributed by atoms with E-state index in [-0.39, 0.29) is 16.7 Å². The first-order chi connectivity index (χ1) is 9.23. The third-order valence-corrected chi connectivity index (χ3v) is 5.78. The summed E-state index contributed by atoms with van der Waals surface area (Å²) in [6, 6.07) is 0. The Labute approximate surface area is 124 Å². The number of rotatable bonds is 4. The lowest BCUT2D eigenvalue weighted by Crippen LogP contribution is -2.45. The summed E-state index contributed by atoms with van der Waals surface area (Å²) in [6.07, 6.45) is 4.36. The number of aryl methyl sites for hydroxylation is 1. The topological polar surface area (TPSA) is 84.2 Å². The second-order valence-corrected chi connectivity index (χ2v) is 7.72. The van der Waals surface area contributed by atoms with Crippen molar-refractivity contribution >= 4 is 21.6 Å². The van der Waals surface area contributed by atoms with Crippen molar-refractivity contribution in [2.24, 2.45) is 13.0 Å². The van der Waals surface area contributed by atoms with Gasteiger partial charge in [0.1, 0.15) is 5.15 Å². The summed E-state index contributed by atoms with van der Waals surface area (Å²) in [5.41, 5.74) is -0.971. The maximum absolute atomic E-state index is 12.1. The van der Waals surface area contributed by atoms with Gasteiger partial charge in [0.05, 0.1) is 11.9 Å². The van der Waals surface area contributed by atoms with Gasteiger partial charge in [0.15, 0.2) is 0 Å². The van der Waals surface area contributed by atoms with Gasteiger partial charge in [-0.1, -0.05) is 18.5 Å². The third-order valence-electron chi connectivity index (χ3n) is 3.89. The Morgan fingerprint density at radius 1 is 1.55 bits per heavy atom. The molecule has 1 aliphatic carbocycles. The predicted molar refractivity (Wildman–Crippen MR) is 76.0 cm³/mol. The lowest BCUT2D eigenvalue weighted by Gasteiger charge is -2.34. The van der Waals surface area contributed by atoms with Crippen molar-refractivity contribution in [2.45, 2.75) is 43.2 Å². The minimum atomic E-state index is -3.80. The van der Waals surface area contributed by atoms with Gasteiger partial charge in [0.2, 0.25) is 5.03 Å². The van der Waals surface area contributed by atoms with Gasteiger partial charge in [-0.2, -0.15) is 0 Å². The van der Waals surface area contributed by atoms with Gasteiger partial charge in [-0.15, -0.1) is 0 Å². The minimum absolute atomic E-state index is 0.00500. The van der Waals surface area contributed by atoms with Crippen molar-refractivity contribution in [2.75, 3.05) is 6.54 Å². The molecule has 0 aliphatic heterocycles. The number of hydrogen-bond donors (Lipinski definition) is 2. The minimum Gasteiger partial charge on any atom is -0.389 e. The Morgan fingerprint density at radius 2 is 2.15 bits per heavy atom. The molecule has 0 amide bonds. The zero-order valence-corrected chi connectivity index (χ0v) is 13.2. The first kappa shape index (κ1) is 15.8. The van der Waals surface area contributed by atoms with Gasteiger partial charge < -0.3 is 9.67 Å². The van der Waals surface area contributed by atoms with E-state index in [1.54, 1.807) is 7.05 Å². The fourth-order valence-corrected chi connectivity index (χ4v) is 3.89. The molecule has 6 nitrogen and oxygen atoms in total. The SMILES string of the molecule is CC1CCC(O)(CNS(=O)(=O)c2ncn(C)c2Cl)CC1. The fraction of sp³-hybridized carbons (Fsp3) is 0.750. The molecule has 1 aliphatic rings. The Kier molecular flexibility index (Phi) is 4.44. The van der Waals surface area contributed by atoms with Crippen LogP contribution in [0.25, 0.3) is 0 Å². The molecule has 1 aromatic heterocycles. The third kappa shape index (κ3) is 3.33. The highest BCUT2D eigenvalue weighted by molar-refractivity contribution is 7.89. The van der Waals surface area contributed by atoms with Gasteiger partial charge in [-0.3, -0.25) is 0 Å². The Morgan fingerprint density at radius 3 is 2.65 bits per heavy atom. The van der Waals surface area contributed by atoms with E-state index in [0.29, 0.717) is 18.8 Å². The van der Waals surface area contributed by atoms with E-state index in [1.165, 1.54) is 10.9 Å². The molecule has 0 unspecified atom stereocenters. The maximum atomic E-state index is 12.1. The molecule has 0 aromatic carbocycles. The number of halogens is 1. The summed E-state index contributed by atoms with van der Waals surface area (Å²) in [5.74, 6) is 0.581. The zero-order chi connectivity index (χ0) is 15.0. The van der Waals surface area contributed by atoms with Crippen LogP contribution in [0.2, 0.25) is 5.15 Å². The van der Waals surface area contributed by atoms with Crippen molar-refractivity contribution in [1.29, 1.82) is 0 Å². The second-order valence-electron chi connectivity index (χ2n) is 5.68. The largest absolute Gasteiger partial charge is 0.389 e. The summed E-state index contributed by atoms with van der Waals surface area (Å²) >= 11 is 5.89. The average molecular weight is 322 g/mol. The number of hydrogen-bond acceptors (Lipinski definition) is 4. The van der Waals surface area contributed by atoms with Gasteiger partial charge >= 0.3 is 0 Å². The van der Waals surface area contributed by atoms with Crippen LogP contribution in [-0.2, 0) is 17.1 Å². The van der Waals surface area contributed by atoms with Crippen molar-refractivity contribution in [1.82, 2.24) is 14.3 Å². The summed E-state index contributed by atoms with van der Waals surface area (Å²) < 4.78 is 28.1. The van der Waals surface area contributed by atoms with Crippen LogP contribution in [0.4, 0.5) is 0 Å². The van der Waals surface area contributed by atoms with E-state index in [0.717, 1.165) is 12.8 Å². The molecule has 114 valence electrons. The van der Waals surface area contributed by atoms with E-state index in [4.69, 9.17) is 11.6 Å². The fourth-order valence-electron chi connectivity index (χ4n) is 2.35. The quantitative estimate of drug-likeness (QED) is 0.875. The van der Waals surface area contributed by atoms with Gasteiger partial charge in [0, 0.05) is 13.6 Å². The molecule has 1 fully saturated rings. The molecule has 2 rings (SSSR count). The van der Waals surface area contributed by atoms with Gasteiger partial charge in [-0.25, -0.2) is 18.1 Å². The predicted octanol–water partition coefficient (Wildman–Crippen LogP) is 1.29. The number of nitrogens with one attached hydrogen (secondary N) is 1. The molecule has 1 aromatic rings. The van der Waals surface area contributed by atoms with Crippen LogP contribution in [0, 0.1) is 5.92 Å². The van der Waals surface area contributed by atoms with Crippen LogP contribution in [0.15, 0.2) is 11.4 Å². The Bertz CT molecular complexity index is 577. The molecule has 2 N–H and O–H groups in total. The Hall–Kier alpha value is -0.630. The molecule has 1 heterocycles. The van der Waals surface area contributed by atoms with Crippen molar-refractivity contribution in [3.8, 4) is 0 Å². The number of aliphatic hydroxyl groups is 1. The summed E-state index contributed by atoms with van der Waals surface area (Å²) in [5, 5.41) is 10.2. The number of sulfonamides is 1. The molecule has 0 spiro atoms. The summed E-state index contributed by atoms with van der Waals surface area (Å²) in [7, 11) is -2.18. The molecule has 8 heteroatoms. The van der Waals surface area contributed by atoms with E-state index >= 15 is 0 Å². The highest BCUT2D eigenvalue weighted by Crippen LogP contribution is 2.31. The van der Waals surface area contributed by atoms with E-state index in [9.17, 15) is 13.5 Å². The first-order valence-electron chi connectivity index (χ1n) is 6.62. The van der Waals surface area contributed by atoms with Crippen molar-refractivity contribution < 1.29 is 13.5 Å². The standard InChI is InChI=1S/C12H20ClN3O3S/c1-9-3-5-12(17,6-4-9)7-15-20(18,19)11-10(13)16(2)8-14-11/h8-9,15,17H,3-7H2,1-2H3. The second kappa shape index (κ2) is 5.63. The van der Waals surface area contributed by atoms with Crippen LogP contribution in [0.3, 0.4) is 0 Å². The number of nitrogens with zero attached hydrogens (tertiary/aromatic N) is 2. The van der Waals surface area contributed by atoms with Crippen LogP contribution < -0.4 is 4.72 Å². The lowest BCUT2D eigenvalue weighted by atomic mass is 9.80. The molecule has 0 bridgehead atoms. The monoisotopic (exact) mass is 321 g/mol. The van der Waals surface area contributed by atoms with E-state index in [2.05, 4.69) is 16.6 Å². The maximum Gasteiger partial charge on any atom is 0.261 e. The van der Waals surface area contributed by atoms with E-state index in [1.807, 2.05) is 0 Å². The van der Waals surface area contributed by atoms with Crippen LogP contribution >= 0.6 is 11.6 Å². The van der Waals surface area contributed by atoms with Gasteiger partial charge in [0.25, 0.3) is 10.0 Å². The van der Waals surface area contributed by atoms with Crippen molar-refractivity contribution in [3.05, 3.63) is 11.5 Å². The molecular weight excluding hydrogens is 302 g/mol. The first-order valence-corrected chi connectivity index (χ1v) is 8.48. The summed E-state index contributed by atoms with van der Waals surface area (Å²) in [6.45, 7) is 2.13. The van der Waals surface area contributed by atoms with Crippen LogP contribution in [-0.4, -0.2) is 35.2 Å². The Balaban J connectivity index is 2.05. The molecule has 0 saturated heterocycles. The van der Waals surface area contributed by atoms with Gasteiger partial charge in [-0.05, 0) is 31.6 Å². The molecule has 0 atom stereocenters. The molecule has 0 radical (unpaired) electrons. The smallest absolute Gasteiger partial charge is 0.261 e. The van der Waals surface area contributed by atoms with E-state index < -0.39 is 15.6 Å². The lowest BCUT2D eigenvalue weighted by molar-refractivity contribution is -0.00183. The average Bonchev–Trinajstić information content (AvgIpc) is 2.73. The zero-order valence-electron chi connectivity index (χ0n) is 11.6. The molecule has 1 saturated carbocycles. The highest BCUT2D eigenvalue weighted by atomic mass is 35.5. The van der Waals surface area contributed by atoms with Crippen LogP contribution in [0.1, 0.15) is 32.6 Å². The van der Waals surface area contributed by atoms with Crippen LogP contribution in [0.5, 0.6) is 0 Å². The van der Waals surface area contributed by atoms with Crippen molar-refractivity contribution in [3.63, 3.8) is 0 Å². The number of aromatic nitrogens is 2. The normalized spacial score (nSPS) is 27.7. The molecule has 20 heavy (non-hydrogen) atoms. The highest BCUT2D eigenvalue weighted by Gasteiger charge is 2.34. The molecular formula is C12H20ClN3O3S. The number of imidazole rings is 1. The summed E-state index contributed by atoms with van der Waals surface area (Å²) in [4.78, 5) is 3.78.